The van der Waals surface area contributed by atoms with Crippen LogP contribution in [0.15, 0.2) is 0 Å². The molecule has 17 heavy (non-hydrogen) atoms. The maximum Gasteiger partial charge on any atom is 0.325 e. The van der Waals surface area contributed by atoms with Crippen LogP contribution in [0.3, 0.4) is 0 Å². The average molecular weight is 240 g/mol. The third kappa shape index (κ3) is 2.99. The van der Waals surface area contributed by atoms with E-state index in [1.54, 1.807) is 0 Å². The minimum Gasteiger partial charge on any atom is -0.480 e. The molecule has 1 unspecified atom stereocenters. The minimum absolute atomic E-state index is 0.188. The molecular weight excluding hydrogens is 216 g/mol. The van der Waals surface area contributed by atoms with E-state index in [1.807, 2.05) is 0 Å². The van der Waals surface area contributed by atoms with E-state index in [0.29, 0.717) is 18.5 Å². The molecule has 2 fully saturated rings. The number of nitrogens with zero attached hydrogens (tertiary/aromatic N) is 1. The van der Waals surface area contributed by atoms with E-state index in [4.69, 9.17) is 5.73 Å². The van der Waals surface area contributed by atoms with Crippen molar-refractivity contribution in [2.45, 2.75) is 51.1 Å². The summed E-state index contributed by atoms with van der Waals surface area (Å²) in [6, 6.07) is 0.582. The second-order valence-electron chi connectivity index (χ2n) is 6.17. The topological polar surface area (TPSA) is 66.6 Å². The van der Waals surface area contributed by atoms with Gasteiger partial charge in [-0.05, 0) is 37.5 Å². The fourth-order valence-electron chi connectivity index (χ4n) is 2.56. The van der Waals surface area contributed by atoms with Crippen molar-refractivity contribution in [3.8, 4) is 0 Å². The van der Waals surface area contributed by atoms with Crippen molar-refractivity contribution in [2.75, 3.05) is 13.1 Å². The van der Waals surface area contributed by atoms with Crippen LogP contribution in [0.4, 0.5) is 0 Å². The summed E-state index contributed by atoms with van der Waals surface area (Å²) in [5, 5.41) is 9.38. The van der Waals surface area contributed by atoms with Crippen LogP contribution < -0.4 is 5.73 Å². The molecule has 0 aromatic heterocycles. The summed E-state index contributed by atoms with van der Waals surface area (Å²) in [7, 11) is 0. The van der Waals surface area contributed by atoms with E-state index in [2.05, 4.69) is 18.7 Å². The third-order valence-electron chi connectivity index (χ3n) is 3.83. The molecule has 0 spiro atoms. The molecule has 0 saturated heterocycles. The zero-order chi connectivity index (χ0) is 12.6. The molecule has 0 radical (unpaired) electrons. The maximum absolute atomic E-state index is 11.4. The van der Waals surface area contributed by atoms with Crippen LogP contribution >= 0.6 is 0 Å². The highest BCUT2D eigenvalue weighted by atomic mass is 16.4. The Hall–Kier alpha value is -0.610. The summed E-state index contributed by atoms with van der Waals surface area (Å²) >= 11 is 0. The van der Waals surface area contributed by atoms with Gasteiger partial charge in [-0.3, -0.25) is 9.69 Å². The standard InChI is InChI=1S/C13H24N2O2/c1-9(2)7-15(11-5-6-11)8-13(14,12(16)17)10-3-4-10/h9-11H,3-8,14H2,1-2H3,(H,16,17). The van der Waals surface area contributed by atoms with Gasteiger partial charge in [0.15, 0.2) is 0 Å². The summed E-state index contributed by atoms with van der Waals surface area (Å²) in [6.45, 7) is 5.83. The van der Waals surface area contributed by atoms with Crippen molar-refractivity contribution in [3.05, 3.63) is 0 Å². The Labute approximate surface area is 103 Å². The first-order valence-corrected chi connectivity index (χ1v) is 6.70. The molecule has 2 rings (SSSR count). The van der Waals surface area contributed by atoms with Crippen molar-refractivity contribution in [3.63, 3.8) is 0 Å². The van der Waals surface area contributed by atoms with E-state index in [0.717, 1.165) is 19.4 Å². The molecular formula is C13H24N2O2. The van der Waals surface area contributed by atoms with Crippen LogP contribution in [-0.4, -0.2) is 40.6 Å². The minimum atomic E-state index is -1.02. The van der Waals surface area contributed by atoms with Gasteiger partial charge in [0.05, 0.1) is 0 Å². The highest BCUT2D eigenvalue weighted by Crippen LogP contribution is 2.40. The zero-order valence-corrected chi connectivity index (χ0v) is 10.9. The van der Waals surface area contributed by atoms with Crippen molar-refractivity contribution in [1.82, 2.24) is 4.90 Å². The molecule has 4 nitrogen and oxygen atoms in total. The van der Waals surface area contributed by atoms with Crippen molar-refractivity contribution in [2.24, 2.45) is 17.6 Å². The summed E-state index contributed by atoms with van der Waals surface area (Å²) in [5.41, 5.74) is 5.13. The lowest BCUT2D eigenvalue weighted by atomic mass is 9.93. The average Bonchev–Trinajstić information content (AvgIpc) is 3.06. The van der Waals surface area contributed by atoms with Gasteiger partial charge in [0.25, 0.3) is 0 Å². The first kappa shape index (κ1) is 12.8. The van der Waals surface area contributed by atoms with Crippen LogP contribution in [-0.2, 0) is 4.79 Å². The Balaban J connectivity index is 2.01. The number of hydrogen-bond acceptors (Lipinski definition) is 3. The van der Waals surface area contributed by atoms with Crippen LogP contribution in [0.5, 0.6) is 0 Å². The number of carboxylic acids is 1. The van der Waals surface area contributed by atoms with E-state index in [-0.39, 0.29) is 5.92 Å². The van der Waals surface area contributed by atoms with Crippen molar-refractivity contribution in [1.29, 1.82) is 0 Å². The van der Waals surface area contributed by atoms with Gasteiger partial charge in [-0.15, -0.1) is 0 Å². The van der Waals surface area contributed by atoms with Gasteiger partial charge in [-0.1, -0.05) is 13.8 Å². The molecule has 0 bridgehead atoms. The summed E-state index contributed by atoms with van der Waals surface area (Å²) < 4.78 is 0. The van der Waals surface area contributed by atoms with Crippen molar-refractivity contribution >= 4 is 5.97 Å². The molecule has 3 N–H and O–H groups in total. The Kier molecular flexibility index (Phi) is 3.46. The van der Waals surface area contributed by atoms with Crippen LogP contribution in [0, 0.1) is 11.8 Å². The Bertz CT molecular complexity index is 298. The molecule has 1 atom stereocenters. The quantitative estimate of drug-likeness (QED) is 0.704. The molecule has 0 aliphatic heterocycles. The SMILES string of the molecule is CC(C)CN(CC(N)(C(=O)O)C1CC1)C1CC1. The Morgan fingerprint density at radius 2 is 2.00 bits per heavy atom. The number of rotatable bonds is 7. The lowest BCUT2D eigenvalue weighted by molar-refractivity contribution is -0.145. The van der Waals surface area contributed by atoms with Gasteiger partial charge in [0.2, 0.25) is 0 Å². The lowest BCUT2D eigenvalue weighted by Crippen LogP contribution is -2.58. The molecule has 0 aromatic carbocycles. The summed E-state index contributed by atoms with van der Waals surface area (Å²) in [6.07, 6.45) is 4.35. The number of hydrogen-bond donors (Lipinski definition) is 2. The Morgan fingerprint density at radius 1 is 1.41 bits per heavy atom. The third-order valence-corrected chi connectivity index (χ3v) is 3.83. The fraction of sp³-hybridized carbons (Fsp3) is 0.923. The monoisotopic (exact) mass is 240 g/mol. The normalized spacial score (nSPS) is 24.1. The number of aliphatic carboxylic acids is 1. The van der Waals surface area contributed by atoms with E-state index < -0.39 is 11.5 Å². The van der Waals surface area contributed by atoms with Gasteiger partial charge in [-0.2, -0.15) is 0 Å². The summed E-state index contributed by atoms with van der Waals surface area (Å²) in [4.78, 5) is 13.7. The predicted molar refractivity (Wildman–Crippen MR) is 66.7 cm³/mol. The van der Waals surface area contributed by atoms with Crippen LogP contribution in [0.1, 0.15) is 39.5 Å². The molecule has 2 aliphatic carbocycles. The number of carbonyl (C=O) groups is 1. The summed E-state index contributed by atoms with van der Waals surface area (Å²) in [5.74, 6) is -0.0735. The second-order valence-corrected chi connectivity index (χ2v) is 6.17. The lowest BCUT2D eigenvalue weighted by Gasteiger charge is -2.33. The zero-order valence-electron chi connectivity index (χ0n) is 10.9. The van der Waals surface area contributed by atoms with Gasteiger partial charge in [0.1, 0.15) is 5.54 Å². The smallest absolute Gasteiger partial charge is 0.325 e. The van der Waals surface area contributed by atoms with E-state index in [1.165, 1.54) is 12.8 Å². The van der Waals surface area contributed by atoms with Gasteiger partial charge < -0.3 is 10.8 Å². The van der Waals surface area contributed by atoms with Gasteiger partial charge in [-0.25, -0.2) is 0 Å². The molecule has 4 heteroatoms. The van der Waals surface area contributed by atoms with E-state index >= 15 is 0 Å². The Morgan fingerprint density at radius 3 is 2.35 bits per heavy atom. The molecule has 0 amide bonds. The molecule has 0 aromatic rings. The van der Waals surface area contributed by atoms with Crippen molar-refractivity contribution < 1.29 is 9.90 Å². The maximum atomic E-state index is 11.4. The first-order chi connectivity index (χ1) is 7.93. The van der Waals surface area contributed by atoms with Crippen LogP contribution in [0.25, 0.3) is 0 Å². The second kappa shape index (κ2) is 4.58. The van der Waals surface area contributed by atoms with Gasteiger partial charge >= 0.3 is 5.97 Å². The molecule has 98 valence electrons. The highest BCUT2D eigenvalue weighted by Gasteiger charge is 2.50. The molecule has 2 saturated carbocycles. The van der Waals surface area contributed by atoms with E-state index in [9.17, 15) is 9.90 Å². The molecule has 2 aliphatic rings. The first-order valence-electron chi connectivity index (χ1n) is 6.70. The fourth-order valence-corrected chi connectivity index (χ4v) is 2.56. The largest absolute Gasteiger partial charge is 0.480 e. The van der Waals surface area contributed by atoms with Crippen LogP contribution in [0.2, 0.25) is 0 Å². The highest BCUT2D eigenvalue weighted by molar-refractivity contribution is 5.79. The predicted octanol–water partition coefficient (Wildman–Crippen LogP) is 1.30. The van der Waals surface area contributed by atoms with Gasteiger partial charge in [0, 0.05) is 19.1 Å². The molecule has 0 heterocycles. The number of nitrogens with two attached hydrogens (primary N) is 1. The number of carboxylic acid groups (broad SMARTS) is 1.